The zero-order chi connectivity index (χ0) is 23.5. The van der Waals surface area contributed by atoms with E-state index in [-0.39, 0.29) is 5.82 Å². The molecular formula is C32H47F. The molecule has 2 aromatic rings. The Morgan fingerprint density at radius 2 is 1.42 bits per heavy atom. The van der Waals surface area contributed by atoms with Crippen LogP contribution in [0.1, 0.15) is 109 Å². The van der Waals surface area contributed by atoms with Crippen LogP contribution in [0.15, 0.2) is 42.5 Å². The van der Waals surface area contributed by atoms with E-state index in [9.17, 15) is 4.39 Å². The molecule has 1 fully saturated rings. The average Bonchev–Trinajstić information content (AvgIpc) is 2.84. The molecule has 0 heterocycles. The summed E-state index contributed by atoms with van der Waals surface area (Å²) in [6.45, 7) is 6.72. The van der Waals surface area contributed by atoms with Crippen LogP contribution in [0.4, 0.5) is 4.39 Å². The van der Waals surface area contributed by atoms with Gasteiger partial charge in [0.05, 0.1) is 0 Å². The van der Waals surface area contributed by atoms with Crippen molar-refractivity contribution in [1.82, 2.24) is 0 Å². The Kier molecular flexibility index (Phi) is 11.0. The normalized spacial score (nSPS) is 19.5. The SMILES string of the molecule is CCCCCCC[C@H]1CC[C@H](CCc2ccc(-c3ccc(CC(C)CC)cc3F)cc2)CC1. The Hall–Kier alpha value is -1.63. The molecule has 0 saturated heterocycles. The molecule has 2 aromatic carbocycles. The Bertz CT molecular complexity index is 798. The molecule has 1 aliphatic carbocycles. The molecule has 1 saturated carbocycles. The first-order valence-electron chi connectivity index (χ1n) is 14.0. The predicted octanol–water partition coefficient (Wildman–Crippen LogP) is 10.2. The molecule has 0 nitrogen and oxygen atoms in total. The number of hydrogen-bond acceptors (Lipinski definition) is 0. The third kappa shape index (κ3) is 8.58. The summed E-state index contributed by atoms with van der Waals surface area (Å²) in [6.07, 6.45) is 18.8. The summed E-state index contributed by atoms with van der Waals surface area (Å²) in [5, 5.41) is 0. The highest BCUT2D eigenvalue weighted by molar-refractivity contribution is 5.64. The van der Waals surface area contributed by atoms with Crippen molar-refractivity contribution in [2.24, 2.45) is 17.8 Å². The van der Waals surface area contributed by atoms with Crippen molar-refractivity contribution in [3.63, 3.8) is 0 Å². The van der Waals surface area contributed by atoms with E-state index in [2.05, 4.69) is 51.1 Å². The highest BCUT2D eigenvalue weighted by Crippen LogP contribution is 2.34. The van der Waals surface area contributed by atoms with E-state index in [1.54, 1.807) is 6.07 Å². The lowest BCUT2D eigenvalue weighted by atomic mass is 9.77. The molecule has 1 heteroatoms. The summed E-state index contributed by atoms with van der Waals surface area (Å²) >= 11 is 0. The first kappa shape index (κ1) is 26.0. The summed E-state index contributed by atoms with van der Waals surface area (Å²) in [5.41, 5.74) is 4.22. The Morgan fingerprint density at radius 3 is 2.06 bits per heavy atom. The molecule has 3 rings (SSSR count). The first-order valence-corrected chi connectivity index (χ1v) is 14.0. The molecule has 0 N–H and O–H groups in total. The van der Waals surface area contributed by atoms with Crippen LogP contribution in [0.2, 0.25) is 0 Å². The van der Waals surface area contributed by atoms with Crippen molar-refractivity contribution >= 4 is 0 Å². The minimum Gasteiger partial charge on any atom is -0.206 e. The summed E-state index contributed by atoms with van der Waals surface area (Å²) < 4.78 is 14.7. The quantitative estimate of drug-likeness (QED) is 0.266. The maximum absolute atomic E-state index is 14.7. The van der Waals surface area contributed by atoms with Crippen LogP contribution < -0.4 is 0 Å². The molecule has 1 unspecified atom stereocenters. The second-order valence-electron chi connectivity index (χ2n) is 10.9. The molecule has 0 bridgehead atoms. The van der Waals surface area contributed by atoms with Crippen molar-refractivity contribution < 1.29 is 4.39 Å². The standard InChI is InChI=1S/C32H47F/c1-4-6-7-8-9-10-26-11-13-27(14-12-26)15-16-28-17-20-30(21-18-28)31-22-19-29(24-32(31)33)23-25(3)5-2/h17-22,24-27H,4-16,23H2,1-3H3/t25?,26-,27-. The maximum Gasteiger partial charge on any atom is 0.131 e. The second kappa shape index (κ2) is 13.9. The van der Waals surface area contributed by atoms with Gasteiger partial charge in [0, 0.05) is 5.56 Å². The lowest BCUT2D eigenvalue weighted by Gasteiger charge is -2.28. The van der Waals surface area contributed by atoms with Gasteiger partial charge in [0.15, 0.2) is 0 Å². The monoisotopic (exact) mass is 450 g/mol. The third-order valence-corrected chi connectivity index (χ3v) is 8.10. The number of hydrogen-bond donors (Lipinski definition) is 0. The fourth-order valence-corrected chi connectivity index (χ4v) is 5.53. The molecular weight excluding hydrogens is 403 g/mol. The van der Waals surface area contributed by atoms with Crippen LogP contribution in [-0.4, -0.2) is 0 Å². The van der Waals surface area contributed by atoms with Gasteiger partial charge in [-0.25, -0.2) is 4.39 Å². The summed E-state index contributed by atoms with van der Waals surface area (Å²) in [6, 6.07) is 14.4. The van der Waals surface area contributed by atoms with Gasteiger partial charge in [-0.2, -0.15) is 0 Å². The lowest BCUT2D eigenvalue weighted by molar-refractivity contribution is 0.248. The molecule has 0 radical (unpaired) electrons. The second-order valence-corrected chi connectivity index (χ2v) is 10.9. The van der Waals surface area contributed by atoms with Crippen LogP contribution in [-0.2, 0) is 12.8 Å². The Morgan fingerprint density at radius 1 is 0.788 bits per heavy atom. The molecule has 0 amide bonds. The summed E-state index contributed by atoms with van der Waals surface area (Å²) in [7, 11) is 0. The number of rotatable bonds is 13. The first-order chi connectivity index (χ1) is 16.1. The lowest BCUT2D eigenvalue weighted by Crippen LogP contribution is -2.15. The van der Waals surface area contributed by atoms with Crippen LogP contribution in [0.25, 0.3) is 11.1 Å². The van der Waals surface area contributed by atoms with Crippen molar-refractivity contribution in [1.29, 1.82) is 0 Å². The van der Waals surface area contributed by atoms with Gasteiger partial charge in [0.1, 0.15) is 5.82 Å². The van der Waals surface area contributed by atoms with Crippen molar-refractivity contribution in [2.75, 3.05) is 0 Å². The van der Waals surface area contributed by atoms with Crippen LogP contribution in [0.3, 0.4) is 0 Å². The van der Waals surface area contributed by atoms with Gasteiger partial charge in [0.25, 0.3) is 0 Å². The van der Waals surface area contributed by atoms with Crippen LogP contribution in [0, 0.1) is 23.6 Å². The fourth-order valence-electron chi connectivity index (χ4n) is 5.53. The number of unbranched alkanes of at least 4 members (excludes halogenated alkanes) is 4. The van der Waals surface area contributed by atoms with Gasteiger partial charge < -0.3 is 0 Å². The molecule has 0 aliphatic heterocycles. The van der Waals surface area contributed by atoms with E-state index in [1.165, 1.54) is 76.2 Å². The summed E-state index contributed by atoms with van der Waals surface area (Å²) in [4.78, 5) is 0. The third-order valence-electron chi connectivity index (χ3n) is 8.10. The summed E-state index contributed by atoms with van der Waals surface area (Å²) in [5.74, 6) is 2.40. The minimum atomic E-state index is -0.0920. The van der Waals surface area contributed by atoms with Gasteiger partial charge in [0.2, 0.25) is 0 Å². The number of aryl methyl sites for hydroxylation is 1. The average molecular weight is 451 g/mol. The van der Waals surface area contributed by atoms with Crippen molar-refractivity contribution in [3.05, 3.63) is 59.4 Å². The predicted molar refractivity (Wildman–Crippen MR) is 142 cm³/mol. The van der Waals surface area contributed by atoms with E-state index in [1.807, 2.05) is 6.07 Å². The highest BCUT2D eigenvalue weighted by Gasteiger charge is 2.20. The van der Waals surface area contributed by atoms with Gasteiger partial charge in [-0.05, 0) is 59.8 Å². The van der Waals surface area contributed by atoms with Gasteiger partial charge in [-0.1, -0.05) is 128 Å². The number of benzene rings is 2. The van der Waals surface area contributed by atoms with E-state index in [0.717, 1.165) is 47.8 Å². The maximum atomic E-state index is 14.7. The van der Waals surface area contributed by atoms with Crippen LogP contribution >= 0.6 is 0 Å². The van der Waals surface area contributed by atoms with E-state index in [0.29, 0.717) is 5.92 Å². The zero-order valence-electron chi connectivity index (χ0n) is 21.6. The van der Waals surface area contributed by atoms with Gasteiger partial charge in [-0.3, -0.25) is 0 Å². The van der Waals surface area contributed by atoms with Gasteiger partial charge >= 0.3 is 0 Å². The smallest absolute Gasteiger partial charge is 0.131 e. The van der Waals surface area contributed by atoms with Crippen molar-refractivity contribution in [2.45, 2.75) is 111 Å². The minimum absolute atomic E-state index is 0.0920. The molecule has 0 spiro atoms. The van der Waals surface area contributed by atoms with E-state index < -0.39 is 0 Å². The van der Waals surface area contributed by atoms with Gasteiger partial charge in [-0.15, -0.1) is 0 Å². The molecule has 33 heavy (non-hydrogen) atoms. The Labute approximate surface area is 203 Å². The number of halogens is 1. The largest absolute Gasteiger partial charge is 0.206 e. The highest BCUT2D eigenvalue weighted by atomic mass is 19.1. The molecule has 0 aromatic heterocycles. The van der Waals surface area contributed by atoms with Crippen molar-refractivity contribution in [3.8, 4) is 11.1 Å². The van der Waals surface area contributed by atoms with E-state index in [4.69, 9.17) is 0 Å². The zero-order valence-corrected chi connectivity index (χ0v) is 21.6. The molecule has 1 aliphatic rings. The Balaban J connectivity index is 1.41. The van der Waals surface area contributed by atoms with E-state index >= 15 is 0 Å². The van der Waals surface area contributed by atoms with Crippen LogP contribution in [0.5, 0.6) is 0 Å². The molecule has 1 atom stereocenters. The topological polar surface area (TPSA) is 0 Å². The molecule has 182 valence electrons. The fraction of sp³-hybridized carbons (Fsp3) is 0.625.